The average molecular weight is 531 g/mol. The van der Waals surface area contributed by atoms with Gasteiger partial charge in [-0.2, -0.15) is 0 Å². The number of carbonyl (C=O) groups excluding carboxylic acids is 3. The summed E-state index contributed by atoms with van der Waals surface area (Å²) in [5.41, 5.74) is 5.72. The van der Waals surface area contributed by atoms with Gasteiger partial charge in [0.05, 0.1) is 15.9 Å². The van der Waals surface area contributed by atoms with Crippen molar-refractivity contribution < 1.29 is 23.5 Å². The van der Waals surface area contributed by atoms with Crippen LogP contribution in [0.2, 0.25) is 0 Å². The first-order valence-corrected chi connectivity index (χ1v) is 13.0. The van der Waals surface area contributed by atoms with Crippen LogP contribution < -0.4 is 20.7 Å². The molecule has 0 atom stereocenters. The van der Waals surface area contributed by atoms with Gasteiger partial charge in [0, 0.05) is 23.7 Å². The summed E-state index contributed by atoms with van der Waals surface area (Å²) in [5, 5.41) is 3.35. The van der Waals surface area contributed by atoms with Gasteiger partial charge in [0.1, 0.15) is 11.2 Å². The van der Waals surface area contributed by atoms with E-state index in [0.29, 0.717) is 34.9 Å². The van der Waals surface area contributed by atoms with Gasteiger partial charge in [0.15, 0.2) is 16.7 Å². The minimum Gasteiger partial charge on any atom is -0.454 e. The zero-order chi connectivity index (χ0) is 26.4. The van der Waals surface area contributed by atoms with Crippen molar-refractivity contribution in [3.05, 3.63) is 72.5 Å². The predicted molar refractivity (Wildman–Crippen MR) is 142 cm³/mol. The van der Waals surface area contributed by atoms with Gasteiger partial charge in [-0.15, -0.1) is 0 Å². The van der Waals surface area contributed by atoms with E-state index >= 15 is 4.39 Å². The Hall–Kier alpha value is -4.31. The van der Waals surface area contributed by atoms with E-state index < -0.39 is 23.0 Å². The highest BCUT2D eigenvalue weighted by molar-refractivity contribution is 7.22. The maximum absolute atomic E-state index is 15.3. The maximum Gasteiger partial charge on any atom is 0.247 e. The number of benzene rings is 3. The number of hydrogen-bond acceptors (Lipinski definition) is 6. The van der Waals surface area contributed by atoms with Gasteiger partial charge in [0.2, 0.25) is 17.7 Å². The Labute approximate surface area is 221 Å². The summed E-state index contributed by atoms with van der Waals surface area (Å²) in [6.07, 6.45) is 2.53. The molecule has 2 saturated carbocycles. The number of amides is 3. The van der Waals surface area contributed by atoms with Crippen molar-refractivity contribution in [1.82, 2.24) is 4.98 Å². The minimum absolute atomic E-state index is 0.0193. The number of thiazole rings is 1. The summed E-state index contributed by atoms with van der Waals surface area (Å²) in [7, 11) is 0. The van der Waals surface area contributed by atoms with Gasteiger partial charge in [-0.3, -0.25) is 19.3 Å². The van der Waals surface area contributed by atoms with E-state index in [1.807, 2.05) is 0 Å². The lowest BCUT2D eigenvalue weighted by atomic mass is 10.0. The molecular formula is C28H23FN4O4S. The molecule has 0 spiro atoms. The van der Waals surface area contributed by atoms with Crippen LogP contribution in [0.4, 0.5) is 20.9 Å². The number of carbonyl (C=O) groups is 3. The Morgan fingerprint density at radius 2 is 1.79 bits per heavy atom. The topological polar surface area (TPSA) is 115 Å². The zero-order valence-electron chi connectivity index (χ0n) is 20.1. The highest BCUT2D eigenvalue weighted by Crippen LogP contribution is 2.49. The van der Waals surface area contributed by atoms with Crippen LogP contribution >= 0.6 is 11.3 Å². The molecule has 1 aromatic heterocycles. The SMILES string of the molecule is NC(=O)C1(C(=O)N(c2ccccc2)c2ccc(Oc3ccc4nc(NC(=O)C5CC5)sc4c3)c(F)c2)CC1. The lowest BCUT2D eigenvalue weighted by molar-refractivity contribution is -0.133. The van der Waals surface area contributed by atoms with Gasteiger partial charge in [-0.1, -0.05) is 29.5 Å². The fourth-order valence-electron chi connectivity index (χ4n) is 4.28. The van der Waals surface area contributed by atoms with Crippen LogP contribution in [-0.2, 0) is 14.4 Å². The highest BCUT2D eigenvalue weighted by Gasteiger charge is 2.57. The summed E-state index contributed by atoms with van der Waals surface area (Å²) in [5.74, 6) is -1.42. The van der Waals surface area contributed by atoms with Gasteiger partial charge in [0.25, 0.3) is 0 Å². The molecule has 6 rings (SSSR count). The molecule has 0 saturated heterocycles. The fraction of sp³-hybridized carbons (Fsp3) is 0.214. The third-order valence-corrected chi connectivity index (χ3v) is 7.72. The van der Waals surface area contributed by atoms with Gasteiger partial charge < -0.3 is 15.8 Å². The molecule has 0 aliphatic heterocycles. The molecule has 0 unspecified atom stereocenters. The minimum atomic E-state index is -1.28. The molecule has 3 aromatic carbocycles. The Kier molecular flexibility index (Phi) is 5.83. The second kappa shape index (κ2) is 9.21. The first-order chi connectivity index (χ1) is 18.3. The molecular weight excluding hydrogens is 507 g/mol. The number of aromatic nitrogens is 1. The number of halogens is 1. The number of rotatable bonds is 8. The lowest BCUT2D eigenvalue weighted by Gasteiger charge is -2.26. The molecule has 3 N–H and O–H groups in total. The first-order valence-electron chi connectivity index (χ1n) is 12.2. The fourth-order valence-corrected chi connectivity index (χ4v) is 5.18. The number of nitrogens with zero attached hydrogens (tertiary/aromatic N) is 2. The molecule has 2 aliphatic rings. The van der Waals surface area contributed by atoms with Gasteiger partial charge in [-0.25, -0.2) is 9.37 Å². The number of ether oxygens (including phenoxy) is 1. The maximum atomic E-state index is 15.3. The van der Waals surface area contributed by atoms with E-state index in [0.717, 1.165) is 17.5 Å². The zero-order valence-corrected chi connectivity index (χ0v) is 21.0. The summed E-state index contributed by atoms with van der Waals surface area (Å²) in [6, 6.07) is 18.1. The van der Waals surface area contributed by atoms with Crippen molar-refractivity contribution in [3.8, 4) is 11.5 Å². The molecule has 2 aliphatic carbocycles. The molecule has 8 nitrogen and oxygen atoms in total. The number of hydrogen-bond donors (Lipinski definition) is 2. The smallest absolute Gasteiger partial charge is 0.247 e. The highest BCUT2D eigenvalue weighted by atomic mass is 32.1. The monoisotopic (exact) mass is 530 g/mol. The summed E-state index contributed by atoms with van der Waals surface area (Å²) in [6.45, 7) is 0. The Morgan fingerprint density at radius 3 is 2.45 bits per heavy atom. The van der Waals surface area contributed by atoms with E-state index in [4.69, 9.17) is 10.5 Å². The molecule has 0 radical (unpaired) electrons. The van der Waals surface area contributed by atoms with E-state index in [2.05, 4.69) is 10.3 Å². The summed E-state index contributed by atoms with van der Waals surface area (Å²) in [4.78, 5) is 43.3. The van der Waals surface area contributed by atoms with Crippen LogP contribution in [0.3, 0.4) is 0 Å². The number of fused-ring (bicyclic) bond motifs is 1. The van der Waals surface area contributed by atoms with Crippen LogP contribution in [0, 0.1) is 17.2 Å². The predicted octanol–water partition coefficient (Wildman–Crippen LogP) is 5.51. The lowest BCUT2D eigenvalue weighted by Crippen LogP contribution is -2.41. The van der Waals surface area contributed by atoms with E-state index in [-0.39, 0.29) is 23.3 Å². The number of para-hydroxylation sites is 1. The Morgan fingerprint density at radius 1 is 1.03 bits per heavy atom. The van der Waals surface area contributed by atoms with Gasteiger partial charge >= 0.3 is 0 Å². The molecule has 3 amide bonds. The largest absolute Gasteiger partial charge is 0.454 e. The normalized spacial score (nSPS) is 15.6. The quantitative estimate of drug-likeness (QED) is 0.292. The van der Waals surface area contributed by atoms with Crippen molar-refractivity contribution in [3.63, 3.8) is 0 Å². The summed E-state index contributed by atoms with van der Waals surface area (Å²) < 4.78 is 21.9. The molecule has 192 valence electrons. The number of anilines is 3. The standard InChI is InChI=1S/C28H23FN4O4S/c29-20-14-18(33(17-4-2-1-3-5-17)26(36)28(12-13-28)25(30)35)8-11-22(20)37-19-9-10-21-23(15-19)38-27(31-21)32-24(34)16-6-7-16/h1-5,8-11,14-16H,6-7,12-13H2,(H2,30,35)(H,31,32,34). The molecule has 2 fully saturated rings. The second-order valence-electron chi connectivity index (χ2n) is 9.55. The van der Waals surface area contributed by atoms with Crippen LogP contribution in [0.5, 0.6) is 11.5 Å². The second-order valence-corrected chi connectivity index (χ2v) is 10.6. The summed E-state index contributed by atoms with van der Waals surface area (Å²) >= 11 is 1.32. The Balaban J connectivity index is 1.26. The van der Waals surface area contributed by atoms with Crippen LogP contribution in [0.1, 0.15) is 25.7 Å². The van der Waals surface area contributed by atoms with E-state index in [1.54, 1.807) is 54.6 Å². The number of primary amides is 1. The van der Waals surface area contributed by atoms with Crippen molar-refractivity contribution in [2.75, 3.05) is 10.2 Å². The third kappa shape index (κ3) is 4.47. The van der Waals surface area contributed by atoms with Crippen LogP contribution in [-0.4, -0.2) is 22.7 Å². The van der Waals surface area contributed by atoms with Crippen molar-refractivity contribution in [2.24, 2.45) is 17.1 Å². The molecule has 4 aromatic rings. The van der Waals surface area contributed by atoms with Crippen LogP contribution in [0.15, 0.2) is 66.7 Å². The van der Waals surface area contributed by atoms with E-state index in [9.17, 15) is 14.4 Å². The van der Waals surface area contributed by atoms with Gasteiger partial charge in [-0.05, 0) is 62.1 Å². The molecule has 38 heavy (non-hydrogen) atoms. The van der Waals surface area contributed by atoms with Crippen LogP contribution in [0.25, 0.3) is 10.2 Å². The molecule has 0 bridgehead atoms. The number of nitrogens with one attached hydrogen (secondary N) is 1. The first kappa shape index (κ1) is 24.1. The molecule has 10 heteroatoms. The number of nitrogens with two attached hydrogens (primary N) is 1. The van der Waals surface area contributed by atoms with Crippen molar-refractivity contribution in [2.45, 2.75) is 25.7 Å². The molecule has 1 heterocycles. The third-order valence-electron chi connectivity index (χ3n) is 6.79. The Bertz CT molecular complexity index is 1580. The van der Waals surface area contributed by atoms with Crippen molar-refractivity contribution in [1.29, 1.82) is 0 Å². The average Bonchev–Trinajstić information content (AvgIpc) is 3.82. The van der Waals surface area contributed by atoms with Crippen molar-refractivity contribution >= 4 is 55.8 Å². The van der Waals surface area contributed by atoms with E-state index in [1.165, 1.54) is 28.4 Å².